The molecule has 7 heteroatoms. The van der Waals surface area contributed by atoms with Gasteiger partial charge >= 0.3 is 0 Å². The third-order valence-electron chi connectivity index (χ3n) is 4.20. The van der Waals surface area contributed by atoms with Gasteiger partial charge in [0.2, 0.25) is 5.91 Å². The van der Waals surface area contributed by atoms with Crippen LogP contribution in [-0.2, 0) is 4.79 Å². The Kier molecular flexibility index (Phi) is 5.38. The Labute approximate surface area is 140 Å². The second-order valence-corrected chi connectivity index (χ2v) is 5.86. The average Bonchev–Trinajstić information content (AvgIpc) is 3.34. The van der Waals surface area contributed by atoms with E-state index in [1.54, 1.807) is 24.3 Å². The van der Waals surface area contributed by atoms with Crippen molar-refractivity contribution in [2.75, 3.05) is 13.1 Å². The highest BCUT2D eigenvalue weighted by atomic mass is 35.5. The molecule has 3 amide bonds. The van der Waals surface area contributed by atoms with Gasteiger partial charge in [-0.15, -0.1) is 12.4 Å². The van der Waals surface area contributed by atoms with Crippen molar-refractivity contribution in [2.45, 2.75) is 25.3 Å². The number of benzene rings is 1. The van der Waals surface area contributed by atoms with Gasteiger partial charge in [-0.25, -0.2) is 0 Å². The van der Waals surface area contributed by atoms with E-state index in [-0.39, 0.29) is 49.1 Å². The van der Waals surface area contributed by atoms with Crippen LogP contribution in [0.4, 0.5) is 0 Å². The van der Waals surface area contributed by atoms with Crippen molar-refractivity contribution in [1.82, 2.24) is 10.2 Å². The van der Waals surface area contributed by atoms with Crippen molar-refractivity contribution in [1.29, 1.82) is 0 Å². The lowest BCUT2D eigenvalue weighted by Crippen LogP contribution is -2.40. The van der Waals surface area contributed by atoms with Crippen molar-refractivity contribution < 1.29 is 14.4 Å². The quantitative estimate of drug-likeness (QED) is 0.756. The molecule has 0 bridgehead atoms. The topological polar surface area (TPSA) is 92.5 Å². The number of nitrogens with one attached hydrogen (secondary N) is 1. The lowest BCUT2D eigenvalue weighted by molar-refractivity contribution is -0.121. The molecule has 2 aliphatic rings. The second kappa shape index (κ2) is 7.10. The summed E-state index contributed by atoms with van der Waals surface area (Å²) in [5.74, 6) is -0.324. The zero-order valence-corrected chi connectivity index (χ0v) is 13.5. The number of rotatable bonds is 6. The van der Waals surface area contributed by atoms with E-state index in [9.17, 15) is 14.4 Å². The van der Waals surface area contributed by atoms with E-state index in [2.05, 4.69) is 5.32 Å². The summed E-state index contributed by atoms with van der Waals surface area (Å²) in [7, 11) is 0. The van der Waals surface area contributed by atoms with Crippen molar-refractivity contribution in [2.24, 2.45) is 11.7 Å². The Morgan fingerprint density at radius 1 is 1.22 bits per heavy atom. The summed E-state index contributed by atoms with van der Waals surface area (Å²) in [5, 5.41) is 2.77. The van der Waals surface area contributed by atoms with E-state index in [4.69, 9.17) is 5.73 Å². The largest absolute Gasteiger partial charge is 0.354 e. The van der Waals surface area contributed by atoms with E-state index in [0.29, 0.717) is 23.6 Å². The minimum atomic E-state index is -0.330. The molecule has 0 saturated heterocycles. The van der Waals surface area contributed by atoms with Gasteiger partial charge in [-0.05, 0) is 30.9 Å². The molecule has 124 valence electrons. The molecule has 23 heavy (non-hydrogen) atoms. The minimum absolute atomic E-state index is 0. The number of imide groups is 1. The molecule has 1 aromatic carbocycles. The van der Waals surface area contributed by atoms with Crippen LogP contribution in [-0.4, -0.2) is 41.8 Å². The number of carbonyl (C=O) groups is 3. The molecular formula is C16H20ClN3O3. The van der Waals surface area contributed by atoms with E-state index in [1.165, 1.54) is 0 Å². The summed E-state index contributed by atoms with van der Waals surface area (Å²) in [6.07, 6.45) is 2.36. The van der Waals surface area contributed by atoms with Gasteiger partial charge in [0.15, 0.2) is 0 Å². The molecule has 1 aromatic rings. The van der Waals surface area contributed by atoms with Gasteiger partial charge in [0.1, 0.15) is 0 Å². The zero-order chi connectivity index (χ0) is 15.7. The minimum Gasteiger partial charge on any atom is -0.354 e. The Morgan fingerprint density at radius 2 is 1.78 bits per heavy atom. The van der Waals surface area contributed by atoms with Crippen LogP contribution in [0, 0.1) is 5.92 Å². The number of hydrogen-bond acceptors (Lipinski definition) is 4. The predicted molar refractivity (Wildman–Crippen MR) is 87.4 cm³/mol. The van der Waals surface area contributed by atoms with Crippen molar-refractivity contribution in [3.63, 3.8) is 0 Å². The zero-order valence-electron chi connectivity index (χ0n) is 12.7. The van der Waals surface area contributed by atoms with Crippen LogP contribution in [0.2, 0.25) is 0 Å². The predicted octanol–water partition coefficient (Wildman–Crippen LogP) is 0.948. The average molecular weight is 338 g/mol. The monoisotopic (exact) mass is 337 g/mol. The molecule has 1 aliphatic carbocycles. The summed E-state index contributed by atoms with van der Waals surface area (Å²) in [5.41, 5.74) is 6.73. The summed E-state index contributed by atoms with van der Waals surface area (Å²) in [4.78, 5) is 37.2. The summed E-state index contributed by atoms with van der Waals surface area (Å²) < 4.78 is 0. The van der Waals surface area contributed by atoms with Gasteiger partial charge in [-0.3, -0.25) is 19.3 Å². The van der Waals surface area contributed by atoms with E-state index in [0.717, 1.165) is 17.7 Å². The van der Waals surface area contributed by atoms with Gasteiger partial charge < -0.3 is 11.1 Å². The SMILES string of the molecule is Cl.NC(CNC(=O)CCN1C(=O)c2ccccc2C1=O)C1CC1. The maximum absolute atomic E-state index is 12.1. The highest BCUT2D eigenvalue weighted by molar-refractivity contribution is 6.21. The fourth-order valence-corrected chi connectivity index (χ4v) is 2.67. The molecule has 1 atom stereocenters. The van der Waals surface area contributed by atoms with Gasteiger partial charge in [0.25, 0.3) is 11.8 Å². The van der Waals surface area contributed by atoms with Crippen LogP contribution < -0.4 is 11.1 Å². The Morgan fingerprint density at radius 3 is 2.30 bits per heavy atom. The highest BCUT2D eigenvalue weighted by Crippen LogP contribution is 2.31. The third kappa shape index (κ3) is 3.71. The second-order valence-electron chi connectivity index (χ2n) is 5.86. The van der Waals surface area contributed by atoms with Crippen molar-refractivity contribution in [3.8, 4) is 0 Å². The summed E-state index contributed by atoms with van der Waals surface area (Å²) in [6.45, 7) is 0.544. The summed E-state index contributed by atoms with van der Waals surface area (Å²) in [6, 6.07) is 6.70. The number of hydrogen-bond donors (Lipinski definition) is 2. The molecule has 1 unspecified atom stereocenters. The number of nitrogens with zero attached hydrogens (tertiary/aromatic N) is 1. The van der Waals surface area contributed by atoms with E-state index >= 15 is 0 Å². The first-order valence-electron chi connectivity index (χ1n) is 7.55. The van der Waals surface area contributed by atoms with Crippen LogP contribution in [0.1, 0.15) is 40.0 Å². The molecule has 0 aromatic heterocycles. The number of fused-ring (bicyclic) bond motifs is 1. The number of carbonyl (C=O) groups excluding carboxylic acids is 3. The third-order valence-corrected chi connectivity index (χ3v) is 4.20. The standard InChI is InChI=1S/C16H19N3O3.ClH/c17-13(10-5-6-10)9-18-14(20)7-8-19-15(21)11-3-1-2-4-12(11)16(19)22;/h1-4,10,13H,5-9,17H2,(H,18,20);1H. The molecule has 1 saturated carbocycles. The highest BCUT2D eigenvalue weighted by Gasteiger charge is 2.35. The Hall–Kier alpha value is -1.92. The van der Waals surface area contributed by atoms with Crippen molar-refractivity contribution >= 4 is 30.1 Å². The molecule has 3 rings (SSSR count). The molecule has 0 spiro atoms. The maximum Gasteiger partial charge on any atom is 0.261 e. The molecular weight excluding hydrogens is 318 g/mol. The van der Waals surface area contributed by atoms with Crippen LogP contribution in [0.3, 0.4) is 0 Å². The number of nitrogens with two attached hydrogens (primary N) is 1. The first-order valence-corrected chi connectivity index (χ1v) is 7.55. The smallest absolute Gasteiger partial charge is 0.261 e. The lowest BCUT2D eigenvalue weighted by atomic mass is 10.1. The molecule has 6 nitrogen and oxygen atoms in total. The first kappa shape index (κ1) is 17.4. The summed E-state index contributed by atoms with van der Waals surface area (Å²) >= 11 is 0. The van der Waals surface area contributed by atoms with Gasteiger partial charge in [-0.1, -0.05) is 12.1 Å². The lowest BCUT2D eigenvalue weighted by Gasteiger charge is -2.15. The Bertz CT molecular complexity index is 596. The van der Waals surface area contributed by atoms with E-state index in [1.807, 2.05) is 0 Å². The molecule has 3 N–H and O–H groups in total. The van der Waals surface area contributed by atoms with Crippen LogP contribution in [0.5, 0.6) is 0 Å². The van der Waals surface area contributed by atoms with Crippen molar-refractivity contribution in [3.05, 3.63) is 35.4 Å². The normalized spacial score (nSPS) is 17.5. The van der Waals surface area contributed by atoms with E-state index < -0.39 is 0 Å². The first-order chi connectivity index (χ1) is 10.6. The fourth-order valence-electron chi connectivity index (χ4n) is 2.67. The van der Waals surface area contributed by atoms with Gasteiger partial charge in [0.05, 0.1) is 11.1 Å². The van der Waals surface area contributed by atoms with Crippen LogP contribution in [0.15, 0.2) is 24.3 Å². The number of amides is 3. The number of halogens is 1. The van der Waals surface area contributed by atoms with Gasteiger partial charge in [-0.2, -0.15) is 0 Å². The molecule has 1 fully saturated rings. The fraction of sp³-hybridized carbons (Fsp3) is 0.438. The molecule has 1 heterocycles. The van der Waals surface area contributed by atoms with Crippen LogP contribution in [0.25, 0.3) is 0 Å². The molecule has 1 aliphatic heterocycles. The maximum atomic E-state index is 12.1. The Balaban J connectivity index is 0.00000192. The van der Waals surface area contributed by atoms with Crippen LogP contribution >= 0.6 is 12.4 Å². The van der Waals surface area contributed by atoms with Gasteiger partial charge in [0, 0.05) is 25.6 Å². The molecule has 0 radical (unpaired) electrons.